The van der Waals surface area contributed by atoms with Gasteiger partial charge in [0.25, 0.3) is 0 Å². The quantitative estimate of drug-likeness (QED) is 0.476. The molecule has 11 heteroatoms. The molecule has 0 aromatic rings. The molecule has 144 valence electrons. The highest BCUT2D eigenvalue weighted by atomic mass is 35.6. The van der Waals surface area contributed by atoms with Gasteiger partial charge in [0.05, 0.1) is 17.4 Å². The van der Waals surface area contributed by atoms with Gasteiger partial charge in [-0.15, -0.1) is 0 Å². The molecule has 25 heavy (non-hydrogen) atoms. The largest absolute Gasteiger partial charge is 0.336 e. The third kappa shape index (κ3) is 5.53. The molecule has 1 saturated carbocycles. The molecule has 4 atom stereocenters. The molecule has 0 aromatic heterocycles. The van der Waals surface area contributed by atoms with Gasteiger partial charge < -0.3 is 5.32 Å². The van der Waals surface area contributed by atoms with Crippen LogP contribution in [0.3, 0.4) is 0 Å². The zero-order valence-electron chi connectivity index (χ0n) is 13.5. The molecule has 1 heterocycles. The van der Waals surface area contributed by atoms with Gasteiger partial charge >= 0.3 is 0 Å². The van der Waals surface area contributed by atoms with Crippen molar-refractivity contribution >= 4 is 73.7 Å². The van der Waals surface area contributed by atoms with Crippen molar-refractivity contribution in [2.24, 2.45) is 17.3 Å². The Balaban J connectivity index is 2.06. The van der Waals surface area contributed by atoms with Gasteiger partial charge in [-0.2, -0.15) is 0 Å². The minimum atomic E-state index is -3.10. The van der Waals surface area contributed by atoms with Crippen LogP contribution in [0.25, 0.3) is 0 Å². The number of carbonyl (C=O) groups is 1. The number of halogens is 5. The molecule has 0 spiro atoms. The van der Waals surface area contributed by atoms with Crippen molar-refractivity contribution in [3.63, 3.8) is 0 Å². The molecule has 0 radical (unpaired) electrons. The molecular weight excluding hydrogens is 453 g/mol. The predicted molar refractivity (Wildman–Crippen MR) is 103 cm³/mol. The molecule has 1 aliphatic carbocycles. The van der Waals surface area contributed by atoms with Gasteiger partial charge in [0.15, 0.2) is 9.84 Å². The Morgan fingerprint density at radius 3 is 2.32 bits per heavy atom. The maximum atomic E-state index is 12.6. The molecule has 1 aliphatic heterocycles. The van der Waals surface area contributed by atoms with Crippen LogP contribution < -0.4 is 10.6 Å². The second kappa shape index (κ2) is 7.53. The number of alkyl halides is 3. The third-order valence-corrected chi connectivity index (χ3v) is 7.42. The Morgan fingerprint density at radius 1 is 1.28 bits per heavy atom. The predicted octanol–water partition coefficient (Wildman–Crippen LogP) is 3.17. The van der Waals surface area contributed by atoms with Crippen LogP contribution in [0.5, 0.6) is 0 Å². The number of sulfone groups is 1. The second-order valence-corrected chi connectivity index (χ2v) is 12.6. The summed E-state index contributed by atoms with van der Waals surface area (Å²) in [6.07, 6.45) is 1.00. The molecule has 2 aliphatic rings. The van der Waals surface area contributed by atoms with Crippen LogP contribution in [-0.4, -0.2) is 41.8 Å². The van der Waals surface area contributed by atoms with E-state index in [1.165, 1.54) is 0 Å². The summed E-state index contributed by atoms with van der Waals surface area (Å²) in [7, 11) is -3.10. The lowest BCUT2D eigenvalue weighted by atomic mass is 10.1. The monoisotopic (exact) mass is 470 g/mol. The average Bonchev–Trinajstić information content (AvgIpc) is 2.75. The van der Waals surface area contributed by atoms with E-state index < -0.39 is 19.8 Å². The topological polar surface area (TPSA) is 75.3 Å². The smallest absolute Gasteiger partial charge is 0.225 e. The summed E-state index contributed by atoms with van der Waals surface area (Å²) in [5.74, 6) is -0.792. The van der Waals surface area contributed by atoms with E-state index in [9.17, 15) is 13.2 Å². The van der Waals surface area contributed by atoms with Crippen molar-refractivity contribution in [2.45, 2.75) is 36.3 Å². The summed E-state index contributed by atoms with van der Waals surface area (Å²) in [5.41, 5.74) is -0.325. The van der Waals surface area contributed by atoms with Crippen molar-refractivity contribution in [2.75, 3.05) is 11.5 Å². The molecular formula is C14H19Cl5N2O3S. The maximum absolute atomic E-state index is 12.6. The lowest BCUT2D eigenvalue weighted by Crippen LogP contribution is -2.57. The zero-order chi connectivity index (χ0) is 19.2. The van der Waals surface area contributed by atoms with Crippen molar-refractivity contribution < 1.29 is 13.2 Å². The molecule has 2 fully saturated rings. The van der Waals surface area contributed by atoms with Crippen molar-refractivity contribution in [1.82, 2.24) is 10.6 Å². The highest BCUT2D eigenvalue weighted by molar-refractivity contribution is 7.91. The fourth-order valence-electron chi connectivity index (χ4n) is 3.24. The number of allylic oxidation sites excluding steroid dienone is 1. The number of carbonyl (C=O) groups excluding carboxylic acids is 1. The molecule has 2 N–H and O–H groups in total. The number of rotatable bonds is 5. The molecule has 0 unspecified atom stereocenters. The highest BCUT2D eigenvalue weighted by Crippen LogP contribution is 2.59. The summed E-state index contributed by atoms with van der Waals surface area (Å²) in [6.45, 7) is 3.83. The molecule has 5 nitrogen and oxygen atoms in total. The first-order chi connectivity index (χ1) is 11.2. The maximum Gasteiger partial charge on any atom is 0.225 e. The lowest BCUT2D eigenvalue weighted by Gasteiger charge is -2.29. The zero-order valence-corrected chi connectivity index (χ0v) is 18.1. The van der Waals surface area contributed by atoms with E-state index in [1.807, 2.05) is 13.8 Å². The number of hydrogen-bond donors (Lipinski definition) is 2. The summed E-state index contributed by atoms with van der Waals surface area (Å²) in [4.78, 5) is 12.6. The van der Waals surface area contributed by atoms with Crippen LogP contribution >= 0.6 is 58.0 Å². The Morgan fingerprint density at radius 2 is 1.88 bits per heavy atom. The van der Waals surface area contributed by atoms with Crippen molar-refractivity contribution in [3.05, 3.63) is 10.6 Å². The van der Waals surface area contributed by atoms with Crippen LogP contribution in [0.1, 0.15) is 20.3 Å². The first kappa shape index (κ1) is 21.9. The Labute approximate surface area is 172 Å². The van der Waals surface area contributed by atoms with Crippen molar-refractivity contribution in [3.8, 4) is 0 Å². The van der Waals surface area contributed by atoms with E-state index in [2.05, 4.69) is 10.6 Å². The van der Waals surface area contributed by atoms with Crippen LogP contribution in [0.4, 0.5) is 0 Å². The van der Waals surface area contributed by atoms with Crippen LogP contribution in [0.2, 0.25) is 0 Å². The first-order valence-electron chi connectivity index (χ1n) is 7.60. The molecule has 1 saturated heterocycles. The minimum absolute atomic E-state index is 0.0533. The Hall–Kier alpha value is 0.570. The average molecular weight is 473 g/mol. The fourth-order valence-corrected chi connectivity index (χ4v) is 5.55. The minimum Gasteiger partial charge on any atom is -0.336 e. The Bertz CT molecular complexity index is 670. The van der Waals surface area contributed by atoms with Gasteiger partial charge in [0, 0.05) is 6.04 Å². The molecule has 2 rings (SSSR count). The highest BCUT2D eigenvalue weighted by Gasteiger charge is 2.61. The van der Waals surface area contributed by atoms with Gasteiger partial charge in [-0.1, -0.05) is 71.9 Å². The summed E-state index contributed by atoms with van der Waals surface area (Å²) >= 11 is 29.3. The summed E-state index contributed by atoms with van der Waals surface area (Å²) < 4.78 is 21.4. The van der Waals surface area contributed by atoms with E-state index in [1.54, 1.807) is 6.08 Å². The molecule has 1 amide bonds. The van der Waals surface area contributed by atoms with Gasteiger partial charge in [-0.3, -0.25) is 10.1 Å². The SMILES string of the molecule is CC1(C)[C@H](C=C(Cl)Cl)[C@H]1C(=O)N[C@@H](N[C@@H]1CCS(=O)(=O)C1)C(Cl)(Cl)Cl. The van der Waals surface area contributed by atoms with Crippen LogP contribution in [0.15, 0.2) is 10.6 Å². The summed E-state index contributed by atoms with van der Waals surface area (Å²) in [5, 5.41) is 5.61. The van der Waals surface area contributed by atoms with Crippen molar-refractivity contribution in [1.29, 1.82) is 0 Å². The number of hydrogen-bond acceptors (Lipinski definition) is 4. The standard InChI is InChI=1S/C14H19Cl5N2O3S/c1-13(2)8(5-9(15)16)10(13)11(22)21-12(14(17,18)19)20-7-3-4-25(23,24)6-7/h5,7-8,10,12,20H,3-4,6H2,1-2H3,(H,21,22)/t7-,8-,10+,12-/m1/s1. The van der Waals surface area contributed by atoms with E-state index >= 15 is 0 Å². The fraction of sp³-hybridized carbons (Fsp3) is 0.786. The summed E-state index contributed by atoms with van der Waals surface area (Å²) in [6, 6.07) is -0.383. The van der Waals surface area contributed by atoms with Gasteiger partial charge in [-0.05, 0) is 23.8 Å². The third-order valence-electron chi connectivity index (χ3n) is 4.75. The van der Waals surface area contributed by atoms with E-state index in [-0.39, 0.29) is 45.2 Å². The molecule has 0 bridgehead atoms. The van der Waals surface area contributed by atoms with Gasteiger partial charge in [0.2, 0.25) is 9.70 Å². The lowest BCUT2D eigenvalue weighted by molar-refractivity contribution is -0.124. The normalized spacial score (nSPS) is 31.2. The Kier molecular flexibility index (Phi) is 6.59. The first-order valence-corrected chi connectivity index (χ1v) is 11.3. The van der Waals surface area contributed by atoms with Gasteiger partial charge in [-0.25, -0.2) is 8.42 Å². The second-order valence-electron chi connectivity index (χ2n) is 7.03. The van der Waals surface area contributed by atoms with E-state index in [4.69, 9.17) is 58.0 Å². The van der Waals surface area contributed by atoms with E-state index in [0.29, 0.717) is 6.42 Å². The number of amides is 1. The van der Waals surface area contributed by atoms with Crippen LogP contribution in [0, 0.1) is 17.3 Å². The number of nitrogens with one attached hydrogen (secondary N) is 2. The van der Waals surface area contributed by atoms with Gasteiger partial charge in [0.1, 0.15) is 10.7 Å². The van der Waals surface area contributed by atoms with E-state index in [0.717, 1.165) is 0 Å². The van der Waals surface area contributed by atoms with Crippen LogP contribution in [-0.2, 0) is 14.6 Å². The molecule has 0 aromatic carbocycles.